The molecule has 0 fully saturated rings. The molecule has 0 amide bonds. The van der Waals surface area contributed by atoms with Crippen molar-refractivity contribution in [2.24, 2.45) is 0 Å². The number of fused-ring (bicyclic) bond motifs is 2. The Morgan fingerprint density at radius 3 is 2.62 bits per heavy atom. The van der Waals surface area contributed by atoms with Crippen LogP contribution in [0.3, 0.4) is 0 Å². The van der Waals surface area contributed by atoms with E-state index in [1.807, 2.05) is 19.1 Å². The largest absolute Gasteiger partial charge is 0.356 e. The van der Waals surface area contributed by atoms with Crippen molar-refractivity contribution in [3.8, 4) is 0 Å². The second-order valence-electron chi connectivity index (χ2n) is 3.89. The van der Waals surface area contributed by atoms with Crippen molar-refractivity contribution in [2.45, 2.75) is 20.3 Å². The van der Waals surface area contributed by atoms with E-state index >= 15 is 0 Å². The lowest BCUT2D eigenvalue weighted by Crippen LogP contribution is -1.96. The summed E-state index contributed by atoms with van der Waals surface area (Å²) in [6, 6.07) is 3.98. The third kappa shape index (κ3) is 1.26. The molecule has 3 aromatic rings. The zero-order valence-corrected chi connectivity index (χ0v) is 9.28. The Morgan fingerprint density at radius 2 is 1.88 bits per heavy atom. The highest BCUT2D eigenvalue weighted by Crippen LogP contribution is 2.18. The number of nitrogens with one attached hydrogen (secondary N) is 1. The summed E-state index contributed by atoms with van der Waals surface area (Å²) < 4.78 is 0. The van der Waals surface area contributed by atoms with E-state index in [4.69, 9.17) is 0 Å². The number of imidazole rings is 1. The van der Waals surface area contributed by atoms with E-state index in [-0.39, 0.29) is 0 Å². The summed E-state index contributed by atoms with van der Waals surface area (Å²) in [7, 11) is 0. The molecular formula is C12H12N4. The lowest BCUT2D eigenvalue weighted by Gasteiger charge is -2.05. The molecule has 0 saturated heterocycles. The molecule has 2 aromatic heterocycles. The number of hydrogen-bond acceptors (Lipinski definition) is 3. The van der Waals surface area contributed by atoms with Crippen LogP contribution < -0.4 is 0 Å². The Morgan fingerprint density at radius 1 is 1.12 bits per heavy atom. The van der Waals surface area contributed by atoms with Crippen molar-refractivity contribution >= 4 is 22.1 Å². The summed E-state index contributed by atoms with van der Waals surface area (Å²) in [4.78, 5) is 16.3. The predicted octanol–water partition coefficient (Wildman–Crippen LogP) is 2.38. The summed E-state index contributed by atoms with van der Waals surface area (Å²) in [6.07, 6.45) is 2.51. The van der Waals surface area contributed by atoms with Crippen LogP contribution >= 0.6 is 0 Å². The topological polar surface area (TPSA) is 54.5 Å². The molecule has 0 bridgehead atoms. The molecule has 1 aromatic carbocycles. The van der Waals surface area contributed by atoms with E-state index in [1.54, 1.807) is 6.33 Å². The summed E-state index contributed by atoms with van der Waals surface area (Å²) in [5.74, 6) is 0. The maximum Gasteiger partial charge on any atom is 0.116 e. The molecule has 2 heterocycles. The molecule has 1 N–H and O–H groups in total. The molecule has 0 atom stereocenters. The Kier molecular flexibility index (Phi) is 1.89. The quantitative estimate of drug-likeness (QED) is 0.673. The molecule has 0 unspecified atom stereocenters. The van der Waals surface area contributed by atoms with E-state index in [9.17, 15) is 0 Å². The molecule has 4 nitrogen and oxygen atoms in total. The molecule has 0 aliphatic heterocycles. The lowest BCUT2D eigenvalue weighted by atomic mass is 10.2. The molecule has 0 aliphatic carbocycles. The average molecular weight is 212 g/mol. The molecular weight excluding hydrogens is 200 g/mol. The van der Waals surface area contributed by atoms with Crippen molar-refractivity contribution in [3.05, 3.63) is 29.8 Å². The third-order valence-electron chi connectivity index (χ3n) is 2.83. The molecule has 0 saturated carbocycles. The number of aromatic amines is 1. The lowest BCUT2D eigenvalue weighted by molar-refractivity contribution is 0.990. The Labute approximate surface area is 92.8 Å². The van der Waals surface area contributed by atoms with E-state index in [1.165, 1.54) is 0 Å². The monoisotopic (exact) mass is 212 g/mol. The molecule has 3 rings (SSSR count). The first-order valence-corrected chi connectivity index (χ1v) is 5.38. The van der Waals surface area contributed by atoms with Gasteiger partial charge < -0.3 is 4.98 Å². The van der Waals surface area contributed by atoms with E-state index < -0.39 is 0 Å². The van der Waals surface area contributed by atoms with Crippen molar-refractivity contribution in [1.29, 1.82) is 0 Å². The standard InChI is InChI=1S/C12H12N4/c1-3-8-7(2)15-11-4-9-10(14-6-13-9)5-12(11)16-8/h4-6,15H,3H2,1-2H3. The number of rotatable bonds is 1. The third-order valence-corrected chi connectivity index (χ3v) is 2.83. The first-order chi connectivity index (χ1) is 7.78. The van der Waals surface area contributed by atoms with E-state index in [2.05, 4.69) is 26.9 Å². The van der Waals surface area contributed by atoms with Crippen LogP contribution in [-0.2, 0) is 6.42 Å². The van der Waals surface area contributed by atoms with Gasteiger partial charge in [0.2, 0.25) is 0 Å². The van der Waals surface area contributed by atoms with Gasteiger partial charge >= 0.3 is 0 Å². The zero-order chi connectivity index (χ0) is 11.1. The first-order valence-electron chi connectivity index (χ1n) is 5.38. The fraction of sp³-hybridized carbons (Fsp3) is 0.250. The van der Waals surface area contributed by atoms with Gasteiger partial charge in [-0.05, 0) is 25.5 Å². The van der Waals surface area contributed by atoms with Gasteiger partial charge in [-0.1, -0.05) is 6.92 Å². The average Bonchev–Trinajstić information content (AvgIpc) is 2.72. The van der Waals surface area contributed by atoms with Crippen LogP contribution in [-0.4, -0.2) is 19.9 Å². The molecule has 80 valence electrons. The van der Waals surface area contributed by atoms with Gasteiger partial charge in [0, 0.05) is 5.69 Å². The van der Waals surface area contributed by atoms with E-state index in [0.717, 1.165) is 39.9 Å². The van der Waals surface area contributed by atoms with Crippen molar-refractivity contribution in [3.63, 3.8) is 0 Å². The van der Waals surface area contributed by atoms with Crippen LogP contribution in [0.5, 0.6) is 0 Å². The van der Waals surface area contributed by atoms with Gasteiger partial charge in [-0.25, -0.2) is 15.0 Å². The van der Waals surface area contributed by atoms with Crippen LogP contribution in [0.2, 0.25) is 0 Å². The fourth-order valence-electron chi connectivity index (χ4n) is 1.97. The maximum atomic E-state index is 4.62. The smallest absolute Gasteiger partial charge is 0.116 e. The maximum absolute atomic E-state index is 4.62. The Hall–Kier alpha value is -1.97. The molecule has 4 heteroatoms. The number of hydrogen-bond donors (Lipinski definition) is 1. The highest BCUT2D eigenvalue weighted by molar-refractivity contribution is 5.90. The minimum atomic E-state index is 0.902. The van der Waals surface area contributed by atoms with Crippen LogP contribution in [0.1, 0.15) is 18.3 Å². The fourth-order valence-corrected chi connectivity index (χ4v) is 1.97. The van der Waals surface area contributed by atoms with Gasteiger partial charge in [0.05, 0.1) is 27.8 Å². The number of H-pyrrole nitrogens is 1. The summed E-state index contributed by atoms with van der Waals surface area (Å²) in [5.41, 5.74) is 6.01. The minimum absolute atomic E-state index is 0.902. The second-order valence-corrected chi connectivity index (χ2v) is 3.89. The van der Waals surface area contributed by atoms with Crippen LogP contribution in [0.4, 0.5) is 0 Å². The van der Waals surface area contributed by atoms with Crippen LogP contribution in [0.15, 0.2) is 18.5 Å². The van der Waals surface area contributed by atoms with E-state index in [0.29, 0.717) is 0 Å². The Balaban J connectivity index is 2.41. The Bertz CT molecular complexity index is 669. The minimum Gasteiger partial charge on any atom is -0.356 e. The number of aryl methyl sites for hydroxylation is 2. The summed E-state index contributed by atoms with van der Waals surface area (Å²) in [6.45, 7) is 4.15. The van der Waals surface area contributed by atoms with Gasteiger partial charge in [-0.3, -0.25) is 0 Å². The SMILES string of the molecule is CCc1nc2cc3ncnc3cc2[nH]c1C. The second kappa shape index (κ2) is 3.27. The zero-order valence-electron chi connectivity index (χ0n) is 9.28. The van der Waals surface area contributed by atoms with Gasteiger partial charge in [-0.2, -0.15) is 0 Å². The normalized spacial score (nSPS) is 11.4. The van der Waals surface area contributed by atoms with Crippen molar-refractivity contribution in [1.82, 2.24) is 19.9 Å². The van der Waals surface area contributed by atoms with Crippen molar-refractivity contribution in [2.75, 3.05) is 0 Å². The van der Waals surface area contributed by atoms with Crippen LogP contribution in [0.25, 0.3) is 22.1 Å². The number of aromatic nitrogens is 4. The summed E-state index contributed by atoms with van der Waals surface area (Å²) in [5, 5.41) is 0. The van der Waals surface area contributed by atoms with Crippen LogP contribution in [0, 0.1) is 6.92 Å². The predicted molar refractivity (Wildman–Crippen MR) is 63.3 cm³/mol. The summed E-state index contributed by atoms with van der Waals surface area (Å²) >= 11 is 0. The van der Waals surface area contributed by atoms with Gasteiger partial charge in [0.1, 0.15) is 6.33 Å². The van der Waals surface area contributed by atoms with Gasteiger partial charge in [0.25, 0.3) is 0 Å². The molecule has 0 aliphatic rings. The van der Waals surface area contributed by atoms with Gasteiger partial charge in [0.15, 0.2) is 0 Å². The molecule has 0 radical (unpaired) electrons. The molecule has 16 heavy (non-hydrogen) atoms. The number of nitrogens with zero attached hydrogens (tertiary/aromatic N) is 3. The van der Waals surface area contributed by atoms with Gasteiger partial charge in [-0.15, -0.1) is 0 Å². The number of benzene rings is 1. The highest BCUT2D eigenvalue weighted by atomic mass is 14.9. The van der Waals surface area contributed by atoms with Crippen molar-refractivity contribution < 1.29 is 0 Å². The highest BCUT2D eigenvalue weighted by Gasteiger charge is 2.05. The molecule has 0 spiro atoms. The first kappa shape index (κ1) is 9.27.